The van der Waals surface area contributed by atoms with Gasteiger partial charge >= 0.3 is 0 Å². The van der Waals surface area contributed by atoms with Crippen molar-refractivity contribution in [1.82, 2.24) is 5.32 Å². The number of nitrogens with zero attached hydrogens (tertiary/aromatic N) is 1. The van der Waals surface area contributed by atoms with Crippen molar-refractivity contribution in [1.29, 1.82) is 0 Å². The van der Waals surface area contributed by atoms with Crippen molar-refractivity contribution in [2.45, 2.75) is 18.9 Å². The van der Waals surface area contributed by atoms with Crippen LogP contribution in [0.1, 0.15) is 34.8 Å². The summed E-state index contributed by atoms with van der Waals surface area (Å²) in [6, 6.07) is 16.6. The molecule has 1 aliphatic heterocycles. The Morgan fingerprint density at radius 3 is 2.67 bits per heavy atom. The number of anilines is 1. The van der Waals surface area contributed by atoms with Gasteiger partial charge in [-0.2, -0.15) is 0 Å². The van der Waals surface area contributed by atoms with Crippen molar-refractivity contribution >= 4 is 17.5 Å². The van der Waals surface area contributed by atoms with E-state index in [9.17, 15) is 9.59 Å². The van der Waals surface area contributed by atoms with Gasteiger partial charge < -0.3 is 16.0 Å². The topological polar surface area (TPSA) is 75.4 Å². The summed E-state index contributed by atoms with van der Waals surface area (Å²) < 4.78 is 0. The Balaban J connectivity index is 1.64. The van der Waals surface area contributed by atoms with E-state index in [2.05, 4.69) is 5.32 Å². The molecule has 0 aromatic heterocycles. The average molecular weight is 323 g/mol. The van der Waals surface area contributed by atoms with Gasteiger partial charge in [0.25, 0.3) is 5.91 Å². The summed E-state index contributed by atoms with van der Waals surface area (Å²) in [5, 5.41) is 2.86. The summed E-state index contributed by atoms with van der Waals surface area (Å²) in [6.45, 7) is 1.07. The van der Waals surface area contributed by atoms with E-state index in [1.165, 1.54) is 0 Å². The van der Waals surface area contributed by atoms with Gasteiger partial charge in [0.1, 0.15) is 0 Å². The van der Waals surface area contributed by atoms with Crippen LogP contribution >= 0.6 is 0 Å². The van der Waals surface area contributed by atoms with Crippen molar-refractivity contribution in [3.8, 4) is 0 Å². The van der Waals surface area contributed by atoms with Crippen LogP contribution in [0, 0.1) is 0 Å². The van der Waals surface area contributed by atoms with Crippen LogP contribution in [0.3, 0.4) is 0 Å². The van der Waals surface area contributed by atoms with Gasteiger partial charge in [-0.05, 0) is 30.2 Å². The molecule has 5 nitrogen and oxygen atoms in total. The molecule has 3 N–H and O–H groups in total. The highest BCUT2D eigenvalue weighted by molar-refractivity contribution is 5.99. The second-order valence-corrected chi connectivity index (χ2v) is 5.93. The molecule has 2 amide bonds. The molecule has 1 aliphatic rings. The second kappa shape index (κ2) is 7.27. The molecule has 0 radical (unpaired) electrons. The Morgan fingerprint density at radius 1 is 1.17 bits per heavy atom. The van der Waals surface area contributed by atoms with Crippen molar-refractivity contribution in [2.75, 3.05) is 18.0 Å². The van der Waals surface area contributed by atoms with Gasteiger partial charge in [-0.25, -0.2) is 0 Å². The highest BCUT2D eigenvalue weighted by Crippen LogP contribution is 2.22. The first-order chi connectivity index (χ1) is 11.6. The maximum Gasteiger partial charge on any atom is 0.251 e. The molecular formula is C19H21N3O2. The summed E-state index contributed by atoms with van der Waals surface area (Å²) in [5.41, 5.74) is 8.39. The first kappa shape index (κ1) is 16.2. The summed E-state index contributed by atoms with van der Waals surface area (Å²) in [4.78, 5) is 25.9. The van der Waals surface area contributed by atoms with Gasteiger partial charge in [0.05, 0.1) is 0 Å². The Morgan fingerprint density at radius 2 is 1.96 bits per heavy atom. The molecule has 1 unspecified atom stereocenters. The van der Waals surface area contributed by atoms with Gasteiger partial charge in [-0.15, -0.1) is 0 Å². The number of benzene rings is 2. The molecular weight excluding hydrogens is 302 g/mol. The van der Waals surface area contributed by atoms with Gasteiger partial charge in [-0.1, -0.05) is 36.4 Å². The standard InChI is InChI=1S/C19H21N3O2/c20-17(14-6-2-1-3-7-14)13-21-19(24)15-8-4-9-16(12-15)22-11-5-10-18(22)23/h1-4,6-9,12,17H,5,10-11,13,20H2,(H,21,24). The van der Waals surface area contributed by atoms with Crippen LogP contribution in [0.15, 0.2) is 54.6 Å². The van der Waals surface area contributed by atoms with Gasteiger partial charge in [0, 0.05) is 36.8 Å². The fourth-order valence-electron chi connectivity index (χ4n) is 2.86. The molecule has 5 heteroatoms. The first-order valence-corrected chi connectivity index (χ1v) is 8.14. The van der Waals surface area contributed by atoms with Crippen molar-refractivity contribution in [3.05, 3.63) is 65.7 Å². The van der Waals surface area contributed by atoms with Gasteiger partial charge in [-0.3, -0.25) is 9.59 Å². The van der Waals surface area contributed by atoms with E-state index in [-0.39, 0.29) is 17.9 Å². The predicted molar refractivity (Wildman–Crippen MR) is 93.7 cm³/mol. The lowest BCUT2D eigenvalue weighted by atomic mass is 10.1. The molecule has 0 saturated carbocycles. The minimum atomic E-state index is -0.251. The summed E-state index contributed by atoms with van der Waals surface area (Å²) in [5.74, 6) is -0.0754. The highest BCUT2D eigenvalue weighted by Gasteiger charge is 2.22. The van der Waals surface area contributed by atoms with Crippen molar-refractivity contribution in [2.24, 2.45) is 5.73 Å². The Labute approximate surface area is 141 Å². The summed E-state index contributed by atoms with van der Waals surface area (Å²) in [7, 11) is 0. The van der Waals surface area contributed by atoms with E-state index in [0.29, 0.717) is 25.1 Å². The lowest BCUT2D eigenvalue weighted by Crippen LogP contribution is -2.32. The quantitative estimate of drug-likeness (QED) is 0.886. The first-order valence-electron chi connectivity index (χ1n) is 8.14. The number of carbonyl (C=O) groups excluding carboxylic acids is 2. The molecule has 0 aliphatic carbocycles. The predicted octanol–water partition coefficient (Wildman–Crippen LogP) is 2.24. The zero-order valence-corrected chi connectivity index (χ0v) is 13.4. The third-order valence-electron chi connectivity index (χ3n) is 4.20. The maximum atomic E-state index is 12.4. The number of nitrogens with one attached hydrogen (secondary N) is 1. The molecule has 0 spiro atoms. The van der Waals surface area contributed by atoms with Crippen LogP contribution < -0.4 is 16.0 Å². The Hall–Kier alpha value is -2.66. The minimum Gasteiger partial charge on any atom is -0.350 e. The average Bonchev–Trinajstić information content (AvgIpc) is 3.06. The third kappa shape index (κ3) is 3.63. The molecule has 1 saturated heterocycles. The molecule has 1 heterocycles. The fourth-order valence-corrected chi connectivity index (χ4v) is 2.86. The maximum absolute atomic E-state index is 12.4. The van der Waals surface area contributed by atoms with Crippen molar-refractivity contribution < 1.29 is 9.59 Å². The number of hydrogen-bond acceptors (Lipinski definition) is 3. The van der Waals surface area contributed by atoms with Gasteiger partial charge in [0.2, 0.25) is 5.91 Å². The number of carbonyl (C=O) groups is 2. The minimum absolute atomic E-state index is 0.110. The SMILES string of the molecule is NC(CNC(=O)c1cccc(N2CCCC2=O)c1)c1ccccc1. The lowest BCUT2D eigenvalue weighted by molar-refractivity contribution is -0.117. The smallest absolute Gasteiger partial charge is 0.251 e. The molecule has 0 bridgehead atoms. The second-order valence-electron chi connectivity index (χ2n) is 5.93. The zero-order valence-electron chi connectivity index (χ0n) is 13.4. The highest BCUT2D eigenvalue weighted by atomic mass is 16.2. The Bertz CT molecular complexity index is 730. The van der Waals surface area contributed by atoms with E-state index >= 15 is 0 Å². The Kier molecular flexibility index (Phi) is 4.91. The van der Waals surface area contributed by atoms with Crippen LogP contribution in [0.5, 0.6) is 0 Å². The number of hydrogen-bond donors (Lipinski definition) is 2. The molecule has 2 aromatic carbocycles. The van der Waals surface area contributed by atoms with E-state index in [4.69, 9.17) is 5.73 Å². The monoisotopic (exact) mass is 323 g/mol. The number of rotatable bonds is 5. The van der Waals surface area contributed by atoms with Crippen LogP contribution in [-0.4, -0.2) is 24.9 Å². The fraction of sp³-hybridized carbons (Fsp3) is 0.263. The van der Waals surface area contributed by atoms with Crippen LogP contribution in [-0.2, 0) is 4.79 Å². The molecule has 3 rings (SSSR count). The van der Waals surface area contributed by atoms with E-state index in [0.717, 1.165) is 17.7 Å². The number of nitrogens with two attached hydrogens (primary N) is 1. The lowest BCUT2D eigenvalue weighted by Gasteiger charge is -2.17. The van der Waals surface area contributed by atoms with Crippen LogP contribution in [0.4, 0.5) is 5.69 Å². The van der Waals surface area contributed by atoms with Crippen molar-refractivity contribution in [3.63, 3.8) is 0 Å². The number of amides is 2. The molecule has 24 heavy (non-hydrogen) atoms. The normalized spacial score (nSPS) is 15.4. The molecule has 1 fully saturated rings. The molecule has 124 valence electrons. The largest absolute Gasteiger partial charge is 0.350 e. The van der Waals surface area contributed by atoms with E-state index < -0.39 is 0 Å². The zero-order chi connectivity index (χ0) is 16.9. The van der Waals surface area contributed by atoms with E-state index in [1.807, 2.05) is 36.4 Å². The van der Waals surface area contributed by atoms with Crippen LogP contribution in [0.2, 0.25) is 0 Å². The molecule has 1 atom stereocenters. The van der Waals surface area contributed by atoms with Crippen LogP contribution in [0.25, 0.3) is 0 Å². The summed E-state index contributed by atoms with van der Waals surface area (Å²) in [6.07, 6.45) is 1.43. The molecule has 2 aromatic rings. The van der Waals surface area contributed by atoms with E-state index in [1.54, 1.807) is 23.1 Å². The van der Waals surface area contributed by atoms with Gasteiger partial charge in [0.15, 0.2) is 0 Å². The summed E-state index contributed by atoms with van der Waals surface area (Å²) >= 11 is 0. The third-order valence-corrected chi connectivity index (χ3v) is 4.20.